The lowest BCUT2D eigenvalue weighted by Crippen LogP contribution is -3.14. The highest BCUT2D eigenvalue weighted by atomic mass is 16.8. The highest BCUT2D eigenvalue weighted by molar-refractivity contribution is 6.06. The zero-order chi connectivity index (χ0) is 20.7. The zero-order valence-electron chi connectivity index (χ0n) is 17.6. The van der Waals surface area contributed by atoms with E-state index in [2.05, 4.69) is 0 Å². The first-order valence-electron chi connectivity index (χ1n) is 11.4. The molecule has 3 aliphatic heterocycles. The van der Waals surface area contributed by atoms with Crippen molar-refractivity contribution in [3.63, 3.8) is 0 Å². The van der Waals surface area contributed by atoms with Crippen LogP contribution in [0.5, 0.6) is 0 Å². The van der Waals surface area contributed by atoms with Crippen LogP contribution >= 0.6 is 0 Å². The molecule has 1 aliphatic carbocycles. The Labute approximate surface area is 177 Å². The summed E-state index contributed by atoms with van der Waals surface area (Å²) in [6.07, 6.45) is 5.75. The number of hydrogen-bond acceptors (Lipinski definition) is 5. The minimum absolute atomic E-state index is 0.00313. The number of amides is 1. The van der Waals surface area contributed by atoms with E-state index in [1.165, 1.54) is 4.90 Å². The van der Waals surface area contributed by atoms with Gasteiger partial charge >= 0.3 is 5.97 Å². The standard InChI is InChI=1S/C23H30N2O5/c1-2-28-21(26)16-11-13-24(14-12-16)15-25-18-8-4-3-7-17(18)23(22(25)27)29-19-9-5-6-10-20(19)30-23/h3-4,7-8,16,19-20H,2,5-6,9-15H2,1H3/p+1/t19-,20-/m0/s1. The average Bonchev–Trinajstić information content (AvgIpc) is 3.27. The van der Waals surface area contributed by atoms with Crippen molar-refractivity contribution >= 4 is 17.6 Å². The van der Waals surface area contributed by atoms with Crippen molar-refractivity contribution in [3.8, 4) is 0 Å². The van der Waals surface area contributed by atoms with E-state index < -0.39 is 5.79 Å². The Bertz CT molecular complexity index is 806. The van der Waals surface area contributed by atoms with E-state index in [1.54, 1.807) is 0 Å². The SMILES string of the molecule is CCOC(=O)C1CC[NH+](CN2C(=O)C3(O[C@H]4CCCC[C@@H]4O3)c3ccccc32)CC1. The highest BCUT2D eigenvalue weighted by Gasteiger charge is 2.61. The van der Waals surface area contributed by atoms with E-state index in [0.29, 0.717) is 13.3 Å². The molecule has 3 heterocycles. The normalized spacial score (nSPS) is 32.2. The lowest BCUT2D eigenvalue weighted by Gasteiger charge is -2.31. The fraction of sp³-hybridized carbons (Fsp3) is 0.652. The Morgan fingerprint density at radius 2 is 1.80 bits per heavy atom. The number of anilines is 1. The summed E-state index contributed by atoms with van der Waals surface area (Å²) in [6.45, 7) is 4.52. The molecule has 7 nitrogen and oxygen atoms in total. The Hall–Kier alpha value is -1.96. The molecule has 2 atom stereocenters. The minimum Gasteiger partial charge on any atom is -0.466 e. The fourth-order valence-corrected chi connectivity index (χ4v) is 5.46. The van der Waals surface area contributed by atoms with Gasteiger partial charge in [-0.25, -0.2) is 0 Å². The maximum absolute atomic E-state index is 13.6. The third-order valence-electron chi connectivity index (χ3n) is 7.05. The summed E-state index contributed by atoms with van der Waals surface area (Å²) in [6, 6.07) is 7.86. The topological polar surface area (TPSA) is 69.5 Å². The van der Waals surface area contributed by atoms with E-state index in [0.717, 1.165) is 62.9 Å². The number of likely N-dealkylation sites (tertiary alicyclic amines) is 1. The molecular weight excluding hydrogens is 384 g/mol. The molecule has 1 saturated carbocycles. The molecule has 0 aromatic heterocycles. The van der Waals surface area contributed by atoms with Crippen LogP contribution < -0.4 is 9.80 Å². The van der Waals surface area contributed by atoms with Gasteiger partial charge in [-0.05, 0) is 25.8 Å². The summed E-state index contributed by atoms with van der Waals surface area (Å²) in [5.41, 5.74) is 1.73. The number of esters is 1. The summed E-state index contributed by atoms with van der Waals surface area (Å²) < 4.78 is 17.9. The summed E-state index contributed by atoms with van der Waals surface area (Å²) in [7, 11) is 0. The van der Waals surface area contributed by atoms with E-state index in [4.69, 9.17) is 14.2 Å². The van der Waals surface area contributed by atoms with Crippen LogP contribution in [0.3, 0.4) is 0 Å². The number of ether oxygens (including phenoxy) is 3. The maximum atomic E-state index is 13.6. The number of para-hydroxylation sites is 1. The molecule has 162 valence electrons. The molecule has 0 radical (unpaired) electrons. The second-order valence-electron chi connectivity index (χ2n) is 8.90. The van der Waals surface area contributed by atoms with Gasteiger partial charge in [-0.3, -0.25) is 14.5 Å². The third kappa shape index (κ3) is 3.24. The molecule has 2 saturated heterocycles. The van der Waals surface area contributed by atoms with Crippen molar-refractivity contribution in [2.24, 2.45) is 5.92 Å². The van der Waals surface area contributed by atoms with Crippen LogP contribution in [0.25, 0.3) is 0 Å². The predicted octanol–water partition coefficient (Wildman–Crippen LogP) is 1.36. The minimum atomic E-state index is -1.28. The van der Waals surface area contributed by atoms with Crippen LogP contribution in [-0.2, 0) is 29.6 Å². The molecule has 1 aromatic rings. The second-order valence-corrected chi connectivity index (χ2v) is 8.90. The van der Waals surface area contributed by atoms with E-state index in [1.807, 2.05) is 36.1 Å². The summed E-state index contributed by atoms with van der Waals surface area (Å²) in [4.78, 5) is 28.8. The van der Waals surface area contributed by atoms with Gasteiger partial charge in [0.15, 0.2) is 6.67 Å². The lowest BCUT2D eigenvalue weighted by atomic mass is 9.95. The number of piperidine rings is 1. The molecule has 1 spiro atoms. The predicted molar refractivity (Wildman–Crippen MR) is 109 cm³/mol. The molecular formula is C23H31N2O5+. The lowest BCUT2D eigenvalue weighted by molar-refractivity contribution is -0.904. The summed E-state index contributed by atoms with van der Waals surface area (Å²) >= 11 is 0. The number of nitrogens with one attached hydrogen (secondary N) is 1. The molecule has 30 heavy (non-hydrogen) atoms. The number of nitrogens with zero attached hydrogens (tertiary/aromatic N) is 1. The molecule has 0 bridgehead atoms. The fourth-order valence-electron chi connectivity index (χ4n) is 5.46. The quantitative estimate of drug-likeness (QED) is 0.752. The first-order chi connectivity index (χ1) is 14.6. The third-order valence-corrected chi connectivity index (χ3v) is 7.05. The molecule has 4 aliphatic rings. The number of carbonyl (C=O) groups is 2. The van der Waals surface area contributed by atoms with Crippen LogP contribution in [0.4, 0.5) is 5.69 Å². The Balaban J connectivity index is 1.32. The maximum Gasteiger partial charge on any atom is 0.309 e. The van der Waals surface area contributed by atoms with Crippen LogP contribution in [0, 0.1) is 5.92 Å². The van der Waals surface area contributed by atoms with Crippen molar-refractivity contribution in [2.75, 3.05) is 31.3 Å². The summed E-state index contributed by atoms with van der Waals surface area (Å²) in [5, 5.41) is 0. The molecule has 1 N–H and O–H groups in total. The number of hydrogen-bond donors (Lipinski definition) is 1. The monoisotopic (exact) mass is 415 g/mol. The van der Waals surface area contributed by atoms with E-state index in [9.17, 15) is 9.59 Å². The van der Waals surface area contributed by atoms with Gasteiger partial charge in [0.05, 0.1) is 43.5 Å². The van der Waals surface area contributed by atoms with E-state index >= 15 is 0 Å². The van der Waals surface area contributed by atoms with Crippen LogP contribution in [0.2, 0.25) is 0 Å². The van der Waals surface area contributed by atoms with Crippen LogP contribution in [0.15, 0.2) is 24.3 Å². The van der Waals surface area contributed by atoms with Crippen molar-refractivity contribution in [2.45, 2.75) is 63.4 Å². The number of rotatable bonds is 4. The van der Waals surface area contributed by atoms with Gasteiger partial charge < -0.3 is 19.1 Å². The largest absolute Gasteiger partial charge is 0.466 e. The van der Waals surface area contributed by atoms with Crippen molar-refractivity contribution < 1.29 is 28.7 Å². The second kappa shape index (κ2) is 7.94. The Morgan fingerprint density at radius 1 is 1.13 bits per heavy atom. The van der Waals surface area contributed by atoms with Gasteiger partial charge in [-0.2, -0.15) is 0 Å². The molecule has 7 heteroatoms. The molecule has 0 unspecified atom stereocenters. The van der Waals surface area contributed by atoms with Crippen molar-refractivity contribution in [1.29, 1.82) is 0 Å². The first kappa shape index (κ1) is 20.0. The number of quaternary nitrogens is 1. The van der Waals surface area contributed by atoms with Crippen LogP contribution in [-0.4, -0.2) is 50.4 Å². The van der Waals surface area contributed by atoms with Crippen molar-refractivity contribution in [3.05, 3.63) is 29.8 Å². The smallest absolute Gasteiger partial charge is 0.309 e. The van der Waals surface area contributed by atoms with Crippen molar-refractivity contribution in [1.82, 2.24) is 0 Å². The van der Waals surface area contributed by atoms with Gasteiger partial charge in [0, 0.05) is 18.4 Å². The highest BCUT2D eigenvalue weighted by Crippen LogP contribution is 2.50. The Kier molecular flexibility index (Phi) is 5.29. The summed E-state index contributed by atoms with van der Waals surface area (Å²) in [5.74, 6) is -1.49. The van der Waals surface area contributed by atoms with Gasteiger partial charge in [0.1, 0.15) is 0 Å². The van der Waals surface area contributed by atoms with Gasteiger partial charge in [0.25, 0.3) is 11.7 Å². The number of fused-ring (bicyclic) bond motifs is 3. The molecule has 1 amide bonds. The molecule has 3 fully saturated rings. The van der Waals surface area contributed by atoms with Gasteiger partial charge in [-0.15, -0.1) is 0 Å². The first-order valence-corrected chi connectivity index (χ1v) is 11.4. The van der Waals surface area contributed by atoms with Gasteiger partial charge in [0.2, 0.25) is 0 Å². The molecule has 1 aromatic carbocycles. The van der Waals surface area contributed by atoms with Crippen LogP contribution in [0.1, 0.15) is 51.0 Å². The Morgan fingerprint density at radius 3 is 2.47 bits per heavy atom. The average molecular weight is 416 g/mol. The van der Waals surface area contributed by atoms with E-state index in [-0.39, 0.29) is 30.0 Å². The zero-order valence-corrected chi connectivity index (χ0v) is 17.6. The van der Waals surface area contributed by atoms with Gasteiger partial charge in [-0.1, -0.05) is 31.0 Å². The number of benzene rings is 1. The number of carbonyl (C=O) groups excluding carboxylic acids is 2. The molecule has 5 rings (SSSR count).